The van der Waals surface area contributed by atoms with Gasteiger partial charge in [0.1, 0.15) is 0 Å². The zero-order valence-electron chi connectivity index (χ0n) is 15.7. The van der Waals surface area contributed by atoms with Gasteiger partial charge in [0.15, 0.2) is 0 Å². The second kappa shape index (κ2) is 16.7. The molecule has 0 heterocycles. The average Bonchev–Trinajstić information content (AvgIpc) is 2.53. The van der Waals surface area contributed by atoms with Crippen LogP contribution in [0.3, 0.4) is 0 Å². The Bertz CT molecular complexity index is 320. The number of aliphatic carboxylic acids is 1. The highest BCUT2D eigenvalue weighted by Crippen LogP contribution is 2.08. The van der Waals surface area contributed by atoms with Crippen molar-refractivity contribution in [1.82, 2.24) is 4.90 Å². The number of carboxylic acid groups (broad SMARTS) is 1. The Hall–Kier alpha value is -1.10. The van der Waals surface area contributed by atoms with Crippen molar-refractivity contribution in [3.05, 3.63) is 0 Å². The average molecular weight is 344 g/mol. The summed E-state index contributed by atoms with van der Waals surface area (Å²) < 4.78 is 5.22. The monoisotopic (exact) mass is 343 g/mol. The lowest BCUT2D eigenvalue weighted by Crippen LogP contribution is -2.33. The third-order valence-electron chi connectivity index (χ3n) is 4.06. The molecule has 0 radical (unpaired) electrons. The van der Waals surface area contributed by atoms with Crippen LogP contribution in [0.4, 0.5) is 0 Å². The number of hydrogen-bond donors (Lipinski definition) is 1. The molecule has 0 rings (SSSR count). The molecule has 0 aromatic heterocycles. The summed E-state index contributed by atoms with van der Waals surface area (Å²) in [6.07, 6.45) is 11.3. The molecule has 0 amide bonds. The largest absolute Gasteiger partial charge is 0.481 e. The summed E-state index contributed by atoms with van der Waals surface area (Å²) in [5.74, 6) is -0.974. The molecular formula is C19H37NO4. The molecule has 0 saturated heterocycles. The molecule has 0 aliphatic carbocycles. The zero-order chi connectivity index (χ0) is 18.0. The van der Waals surface area contributed by atoms with Crippen LogP contribution in [0, 0.1) is 0 Å². The fourth-order valence-electron chi connectivity index (χ4n) is 2.57. The van der Waals surface area contributed by atoms with Crippen molar-refractivity contribution in [2.24, 2.45) is 0 Å². The number of nitrogens with zero attached hydrogens (tertiary/aromatic N) is 1. The predicted molar refractivity (Wildman–Crippen MR) is 97.2 cm³/mol. The maximum atomic E-state index is 11.9. The number of rotatable bonds is 17. The molecule has 0 fully saturated rings. The third kappa shape index (κ3) is 15.8. The van der Waals surface area contributed by atoms with Crippen LogP contribution in [0.5, 0.6) is 0 Å². The molecule has 5 heteroatoms. The van der Waals surface area contributed by atoms with Gasteiger partial charge in [-0.2, -0.15) is 0 Å². The molecule has 0 aromatic rings. The van der Waals surface area contributed by atoms with Gasteiger partial charge in [-0.25, -0.2) is 0 Å². The molecule has 5 nitrogen and oxygen atoms in total. The highest BCUT2D eigenvalue weighted by molar-refractivity contribution is 5.71. The Morgan fingerprint density at radius 2 is 1.42 bits per heavy atom. The van der Waals surface area contributed by atoms with Crippen LogP contribution in [0.1, 0.15) is 84.5 Å². The highest BCUT2D eigenvalue weighted by atomic mass is 16.5. The van der Waals surface area contributed by atoms with Gasteiger partial charge in [-0.1, -0.05) is 58.8 Å². The van der Waals surface area contributed by atoms with Crippen LogP contribution in [0.25, 0.3) is 0 Å². The van der Waals surface area contributed by atoms with E-state index >= 15 is 0 Å². The lowest BCUT2D eigenvalue weighted by molar-refractivity contribution is -0.145. The van der Waals surface area contributed by atoms with E-state index in [1.54, 1.807) is 0 Å². The van der Waals surface area contributed by atoms with Crippen molar-refractivity contribution in [2.75, 3.05) is 26.2 Å². The van der Waals surface area contributed by atoms with E-state index in [2.05, 4.69) is 13.8 Å². The minimum Gasteiger partial charge on any atom is -0.481 e. The van der Waals surface area contributed by atoms with Crippen LogP contribution in [0.15, 0.2) is 0 Å². The highest BCUT2D eigenvalue weighted by Gasteiger charge is 2.12. The molecule has 0 unspecified atom stereocenters. The quantitative estimate of drug-likeness (QED) is 0.316. The molecule has 142 valence electrons. The van der Waals surface area contributed by atoms with Gasteiger partial charge in [-0.3, -0.25) is 14.5 Å². The minimum absolute atomic E-state index is 0.151. The maximum Gasteiger partial charge on any atom is 0.320 e. The normalized spacial score (nSPS) is 11.0. The lowest BCUT2D eigenvalue weighted by atomic mass is 10.1. The van der Waals surface area contributed by atoms with E-state index in [4.69, 9.17) is 9.84 Å². The number of carbonyl (C=O) groups excluding carboxylic acids is 1. The standard InChI is InChI=1S/C19H37NO4/c1-3-5-7-8-9-10-11-14-20(15-12-13-18(21)22)17-19(23)24-16-6-4-2/h3-17H2,1-2H3,(H,21,22). The van der Waals surface area contributed by atoms with E-state index in [9.17, 15) is 9.59 Å². The Labute approximate surface area is 147 Å². The number of unbranched alkanes of at least 4 members (excludes halogenated alkanes) is 7. The van der Waals surface area contributed by atoms with Gasteiger partial charge < -0.3 is 9.84 Å². The maximum absolute atomic E-state index is 11.9. The summed E-state index contributed by atoms with van der Waals surface area (Å²) in [5, 5.41) is 8.76. The van der Waals surface area contributed by atoms with E-state index in [0.29, 0.717) is 19.6 Å². The van der Waals surface area contributed by atoms with E-state index in [-0.39, 0.29) is 18.9 Å². The van der Waals surface area contributed by atoms with E-state index in [0.717, 1.165) is 25.8 Å². The van der Waals surface area contributed by atoms with Crippen LogP contribution in [-0.4, -0.2) is 48.2 Å². The molecule has 0 saturated carbocycles. The van der Waals surface area contributed by atoms with Gasteiger partial charge in [-0.15, -0.1) is 0 Å². The summed E-state index contributed by atoms with van der Waals surface area (Å²) in [6.45, 7) is 6.53. The number of hydrogen-bond acceptors (Lipinski definition) is 4. The summed E-state index contributed by atoms with van der Waals surface area (Å²) >= 11 is 0. The molecule has 24 heavy (non-hydrogen) atoms. The molecule has 0 atom stereocenters. The Balaban J connectivity index is 3.98. The van der Waals surface area contributed by atoms with Crippen LogP contribution < -0.4 is 0 Å². The molecular weight excluding hydrogens is 306 g/mol. The fraction of sp³-hybridized carbons (Fsp3) is 0.895. The van der Waals surface area contributed by atoms with Crippen molar-refractivity contribution in [2.45, 2.75) is 84.5 Å². The number of carbonyl (C=O) groups is 2. The van der Waals surface area contributed by atoms with Gasteiger partial charge in [0.2, 0.25) is 0 Å². The van der Waals surface area contributed by atoms with Crippen molar-refractivity contribution >= 4 is 11.9 Å². The summed E-state index contributed by atoms with van der Waals surface area (Å²) in [6, 6.07) is 0. The van der Waals surface area contributed by atoms with E-state index < -0.39 is 5.97 Å². The van der Waals surface area contributed by atoms with Crippen molar-refractivity contribution < 1.29 is 19.4 Å². The van der Waals surface area contributed by atoms with E-state index in [1.807, 2.05) is 4.90 Å². The first-order valence-corrected chi connectivity index (χ1v) is 9.69. The lowest BCUT2D eigenvalue weighted by Gasteiger charge is -2.21. The molecule has 0 aliphatic rings. The third-order valence-corrected chi connectivity index (χ3v) is 4.06. The predicted octanol–water partition coefficient (Wildman–Crippen LogP) is 4.25. The number of ether oxygens (including phenoxy) is 1. The Kier molecular flexibility index (Phi) is 16.0. The first-order chi connectivity index (χ1) is 11.6. The van der Waals surface area contributed by atoms with E-state index in [1.165, 1.54) is 38.5 Å². The number of esters is 1. The fourth-order valence-corrected chi connectivity index (χ4v) is 2.57. The smallest absolute Gasteiger partial charge is 0.320 e. The molecule has 0 aromatic carbocycles. The molecule has 0 aliphatic heterocycles. The summed E-state index contributed by atoms with van der Waals surface area (Å²) in [4.78, 5) is 24.5. The summed E-state index contributed by atoms with van der Waals surface area (Å²) in [5.41, 5.74) is 0. The van der Waals surface area contributed by atoms with Crippen molar-refractivity contribution in [3.63, 3.8) is 0 Å². The Morgan fingerprint density at radius 1 is 0.833 bits per heavy atom. The molecule has 0 bridgehead atoms. The second-order valence-electron chi connectivity index (χ2n) is 6.47. The molecule has 1 N–H and O–H groups in total. The minimum atomic E-state index is -0.781. The van der Waals surface area contributed by atoms with Crippen LogP contribution in [0.2, 0.25) is 0 Å². The van der Waals surface area contributed by atoms with Gasteiger partial charge in [-0.05, 0) is 32.4 Å². The number of carboxylic acids is 1. The second-order valence-corrected chi connectivity index (χ2v) is 6.47. The topological polar surface area (TPSA) is 66.8 Å². The zero-order valence-corrected chi connectivity index (χ0v) is 15.7. The van der Waals surface area contributed by atoms with Gasteiger partial charge in [0, 0.05) is 6.42 Å². The summed E-state index contributed by atoms with van der Waals surface area (Å²) in [7, 11) is 0. The van der Waals surface area contributed by atoms with Crippen molar-refractivity contribution in [1.29, 1.82) is 0 Å². The van der Waals surface area contributed by atoms with Crippen LogP contribution in [-0.2, 0) is 14.3 Å². The first-order valence-electron chi connectivity index (χ1n) is 9.69. The van der Waals surface area contributed by atoms with Gasteiger partial charge in [0.05, 0.1) is 13.2 Å². The van der Waals surface area contributed by atoms with Crippen molar-refractivity contribution in [3.8, 4) is 0 Å². The SMILES string of the molecule is CCCCCCCCCN(CCCC(=O)O)CC(=O)OCCCC. The molecule has 0 spiro atoms. The Morgan fingerprint density at radius 3 is 2.04 bits per heavy atom. The van der Waals surface area contributed by atoms with Gasteiger partial charge >= 0.3 is 11.9 Å². The van der Waals surface area contributed by atoms with Gasteiger partial charge in [0.25, 0.3) is 0 Å². The van der Waals surface area contributed by atoms with Crippen LogP contribution >= 0.6 is 0 Å². The first kappa shape index (κ1) is 22.9.